The summed E-state index contributed by atoms with van der Waals surface area (Å²) in [5.74, 6) is -0.0366. The van der Waals surface area contributed by atoms with Crippen molar-refractivity contribution in [2.75, 3.05) is 5.32 Å². The Bertz CT molecular complexity index is 928. The molecule has 1 aromatic carbocycles. The quantitative estimate of drug-likeness (QED) is 0.788. The number of rotatable bonds is 2. The van der Waals surface area contributed by atoms with E-state index in [0.29, 0.717) is 0 Å². The highest BCUT2D eigenvalue weighted by atomic mass is 16.1. The van der Waals surface area contributed by atoms with Crippen LogP contribution in [0.1, 0.15) is 35.6 Å². The SMILES string of the molecule is Cc1nn(C)c2ncc(NC(=O)C3CCCc4ccccc43)cc12. The molecule has 122 valence electrons. The number of nitrogens with one attached hydrogen (secondary N) is 1. The Morgan fingerprint density at radius 3 is 3.04 bits per heavy atom. The summed E-state index contributed by atoms with van der Waals surface area (Å²) >= 11 is 0. The smallest absolute Gasteiger partial charge is 0.231 e. The molecule has 1 aliphatic carbocycles. The fraction of sp³-hybridized carbons (Fsp3) is 0.316. The third kappa shape index (κ3) is 2.46. The Kier molecular flexibility index (Phi) is 3.56. The van der Waals surface area contributed by atoms with Gasteiger partial charge in [0, 0.05) is 12.4 Å². The summed E-state index contributed by atoms with van der Waals surface area (Å²) < 4.78 is 1.76. The first-order valence-electron chi connectivity index (χ1n) is 8.31. The highest BCUT2D eigenvalue weighted by Gasteiger charge is 2.26. The van der Waals surface area contributed by atoms with Crippen molar-refractivity contribution < 1.29 is 4.79 Å². The van der Waals surface area contributed by atoms with Gasteiger partial charge in [-0.05, 0) is 43.4 Å². The van der Waals surface area contributed by atoms with E-state index in [-0.39, 0.29) is 11.8 Å². The largest absolute Gasteiger partial charge is 0.324 e. The molecule has 5 nitrogen and oxygen atoms in total. The third-order valence-electron chi connectivity index (χ3n) is 4.82. The monoisotopic (exact) mass is 320 g/mol. The molecule has 0 spiro atoms. The minimum atomic E-state index is -0.0827. The maximum Gasteiger partial charge on any atom is 0.231 e. The van der Waals surface area contributed by atoms with Crippen molar-refractivity contribution in [2.45, 2.75) is 32.1 Å². The van der Waals surface area contributed by atoms with Gasteiger partial charge in [-0.2, -0.15) is 5.10 Å². The molecule has 0 fully saturated rings. The molecule has 0 aliphatic heterocycles. The van der Waals surface area contributed by atoms with Crippen LogP contribution in [0, 0.1) is 6.92 Å². The van der Waals surface area contributed by atoms with Gasteiger partial charge in [0.15, 0.2) is 5.65 Å². The predicted octanol–water partition coefficient (Wildman–Crippen LogP) is 3.34. The number of benzene rings is 1. The predicted molar refractivity (Wildman–Crippen MR) is 94.0 cm³/mol. The van der Waals surface area contributed by atoms with E-state index >= 15 is 0 Å². The fourth-order valence-corrected chi connectivity index (χ4v) is 3.63. The topological polar surface area (TPSA) is 59.8 Å². The highest BCUT2D eigenvalue weighted by molar-refractivity contribution is 5.97. The molecule has 24 heavy (non-hydrogen) atoms. The second-order valence-corrected chi connectivity index (χ2v) is 6.44. The van der Waals surface area contributed by atoms with Crippen LogP contribution in [0.3, 0.4) is 0 Å². The molecule has 1 unspecified atom stereocenters. The zero-order valence-corrected chi connectivity index (χ0v) is 13.9. The molecule has 1 amide bonds. The molecule has 0 radical (unpaired) electrons. The number of anilines is 1. The number of carbonyl (C=O) groups is 1. The van der Waals surface area contributed by atoms with Gasteiger partial charge in [-0.15, -0.1) is 0 Å². The van der Waals surface area contributed by atoms with Crippen LogP contribution >= 0.6 is 0 Å². The molecular weight excluding hydrogens is 300 g/mol. The molecule has 1 aliphatic rings. The summed E-state index contributed by atoms with van der Waals surface area (Å²) in [4.78, 5) is 17.2. The third-order valence-corrected chi connectivity index (χ3v) is 4.82. The second kappa shape index (κ2) is 5.74. The van der Waals surface area contributed by atoms with Crippen LogP contribution < -0.4 is 5.32 Å². The standard InChI is InChI=1S/C19H20N4O/c1-12-17-10-14(11-20-18(17)23(2)22-12)21-19(24)16-9-5-7-13-6-3-4-8-15(13)16/h3-4,6,8,10-11,16H,5,7,9H2,1-2H3,(H,21,24). The van der Waals surface area contributed by atoms with Gasteiger partial charge in [-0.25, -0.2) is 4.98 Å². The fourth-order valence-electron chi connectivity index (χ4n) is 3.63. The minimum Gasteiger partial charge on any atom is -0.324 e. The van der Waals surface area contributed by atoms with Gasteiger partial charge in [0.05, 0.1) is 23.5 Å². The Morgan fingerprint density at radius 2 is 2.17 bits per heavy atom. The van der Waals surface area contributed by atoms with Crippen LogP contribution in [-0.4, -0.2) is 20.7 Å². The van der Waals surface area contributed by atoms with Gasteiger partial charge < -0.3 is 5.32 Å². The van der Waals surface area contributed by atoms with Crippen molar-refractivity contribution >= 4 is 22.6 Å². The average molecular weight is 320 g/mol. The summed E-state index contributed by atoms with van der Waals surface area (Å²) in [6.07, 6.45) is 4.71. The summed E-state index contributed by atoms with van der Waals surface area (Å²) in [7, 11) is 1.87. The summed E-state index contributed by atoms with van der Waals surface area (Å²) in [5.41, 5.74) is 4.92. The Hall–Kier alpha value is -2.69. The van der Waals surface area contributed by atoms with E-state index < -0.39 is 0 Å². The van der Waals surface area contributed by atoms with E-state index in [0.717, 1.165) is 47.2 Å². The summed E-state index contributed by atoms with van der Waals surface area (Å²) in [6, 6.07) is 10.2. The molecule has 2 heterocycles. The van der Waals surface area contributed by atoms with Gasteiger partial charge in [-0.3, -0.25) is 9.48 Å². The molecular formula is C19H20N4O. The Morgan fingerprint density at radius 1 is 1.33 bits per heavy atom. The number of carbonyl (C=O) groups excluding carboxylic acids is 1. The number of pyridine rings is 1. The first-order valence-corrected chi connectivity index (χ1v) is 8.31. The molecule has 5 heteroatoms. The van der Waals surface area contributed by atoms with Crippen LogP contribution in [0.5, 0.6) is 0 Å². The number of aryl methyl sites for hydroxylation is 3. The van der Waals surface area contributed by atoms with Gasteiger partial charge in [-0.1, -0.05) is 24.3 Å². The van der Waals surface area contributed by atoms with Crippen molar-refractivity contribution in [1.29, 1.82) is 0 Å². The number of hydrogen-bond donors (Lipinski definition) is 1. The van der Waals surface area contributed by atoms with Crippen LogP contribution in [0.15, 0.2) is 36.5 Å². The van der Waals surface area contributed by atoms with Crippen LogP contribution in [-0.2, 0) is 18.3 Å². The van der Waals surface area contributed by atoms with E-state index in [1.807, 2.05) is 32.2 Å². The number of nitrogens with zero attached hydrogens (tertiary/aromatic N) is 3. The first-order chi connectivity index (χ1) is 11.6. The van der Waals surface area contributed by atoms with Gasteiger partial charge in [0.2, 0.25) is 5.91 Å². The molecule has 1 N–H and O–H groups in total. The minimum absolute atomic E-state index is 0.0462. The van der Waals surface area contributed by atoms with Crippen molar-refractivity contribution in [3.05, 3.63) is 53.3 Å². The molecule has 1 atom stereocenters. The van der Waals surface area contributed by atoms with Gasteiger partial charge in [0.25, 0.3) is 0 Å². The van der Waals surface area contributed by atoms with Crippen molar-refractivity contribution in [2.24, 2.45) is 7.05 Å². The maximum absolute atomic E-state index is 12.8. The van der Waals surface area contributed by atoms with E-state index in [2.05, 4.69) is 27.5 Å². The maximum atomic E-state index is 12.8. The first kappa shape index (κ1) is 14.9. The second-order valence-electron chi connectivity index (χ2n) is 6.44. The lowest BCUT2D eigenvalue weighted by atomic mass is 9.82. The van der Waals surface area contributed by atoms with Crippen LogP contribution in [0.4, 0.5) is 5.69 Å². The molecule has 4 rings (SSSR count). The Balaban J connectivity index is 1.62. The summed E-state index contributed by atoms with van der Waals surface area (Å²) in [5, 5.41) is 8.39. The highest BCUT2D eigenvalue weighted by Crippen LogP contribution is 2.32. The normalized spacial score (nSPS) is 16.8. The number of fused-ring (bicyclic) bond motifs is 2. The summed E-state index contributed by atoms with van der Waals surface area (Å²) in [6.45, 7) is 1.95. The number of aromatic nitrogens is 3. The van der Waals surface area contributed by atoms with Crippen LogP contribution in [0.2, 0.25) is 0 Å². The molecule has 2 aromatic heterocycles. The van der Waals surface area contributed by atoms with E-state index in [1.54, 1.807) is 10.9 Å². The average Bonchev–Trinajstić information content (AvgIpc) is 2.88. The van der Waals surface area contributed by atoms with E-state index in [4.69, 9.17) is 0 Å². The lowest BCUT2D eigenvalue weighted by molar-refractivity contribution is -0.117. The zero-order chi connectivity index (χ0) is 16.7. The van der Waals surface area contributed by atoms with Gasteiger partial charge in [0.1, 0.15) is 0 Å². The lowest BCUT2D eigenvalue weighted by Gasteiger charge is -2.24. The number of amides is 1. The lowest BCUT2D eigenvalue weighted by Crippen LogP contribution is -2.24. The van der Waals surface area contributed by atoms with E-state index in [9.17, 15) is 4.79 Å². The van der Waals surface area contributed by atoms with Gasteiger partial charge >= 0.3 is 0 Å². The molecule has 0 saturated heterocycles. The van der Waals surface area contributed by atoms with E-state index in [1.165, 1.54) is 5.56 Å². The number of hydrogen-bond acceptors (Lipinski definition) is 3. The molecule has 3 aromatic rings. The van der Waals surface area contributed by atoms with Crippen molar-refractivity contribution in [3.63, 3.8) is 0 Å². The molecule has 0 bridgehead atoms. The van der Waals surface area contributed by atoms with Crippen LogP contribution in [0.25, 0.3) is 11.0 Å². The Labute approximate surface area is 140 Å². The molecule has 0 saturated carbocycles. The van der Waals surface area contributed by atoms with Crippen molar-refractivity contribution in [1.82, 2.24) is 14.8 Å². The zero-order valence-electron chi connectivity index (χ0n) is 13.9. The van der Waals surface area contributed by atoms with Crippen molar-refractivity contribution in [3.8, 4) is 0 Å².